The van der Waals surface area contributed by atoms with E-state index in [9.17, 15) is 9.18 Å². The molecule has 0 spiro atoms. The summed E-state index contributed by atoms with van der Waals surface area (Å²) in [5, 5.41) is 0. The number of hydrogen-bond acceptors (Lipinski definition) is 1. The van der Waals surface area contributed by atoms with E-state index in [-0.39, 0.29) is 11.6 Å². The number of aryl methyl sites for hydroxylation is 3. The van der Waals surface area contributed by atoms with Gasteiger partial charge >= 0.3 is 0 Å². The molecule has 0 aromatic heterocycles. The molecule has 2 aromatic carbocycles. The summed E-state index contributed by atoms with van der Waals surface area (Å²) < 4.78 is 13.7. The Bertz CT molecular complexity index is 673. The molecule has 2 aromatic rings. The predicted molar refractivity (Wildman–Crippen MR) is 80.0 cm³/mol. The molecular weight excluding hydrogens is 251 g/mol. The first-order chi connectivity index (χ1) is 9.32. The van der Waals surface area contributed by atoms with Crippen molar-refractivity contribution in [2.75, 3.05) is 0 Å². The maximum Gasteiger partial charge on any atom is 0.193 e. The number of benzene rings is 2. The largest absolute Gasteiger partial charge is 0.289 e. The van der Waals surface area contributed by atoms with Gasteiger partial charge in [0.15, 0.2) is 5.78 Å². The van der Waals surface area contributed by atoms with Gasteiger partial charge in [0.2, 0.25) is 0 Å². The third-order valence-electron chi connectivity index (χ3n) is 4.03. The second kappa shape index (κ2) is 5.20. The van der Waals surface area contributed by atoms with Crippen molar-refractivity contribution in [2.24, 2.45) is 0 Å². The van der Waals surface area contributed by atoms with Crippen LogP contribution in [0.15, 0.2) is 24.3 Å². The summed E-state index contributed by atoms with van der Waals surface area (Å²) in [6.07, 6.45) is 0. The van der Waals surface area contributed by atoms with Crippen molar-refractivity contribution in [1.82, 2.24) is 0 Å². The third kappa shape index (κ3) is 2.38. The standard InChI is InChI=1S/C18H19FO/c1-10-6-7-15(9-16(10)19)18(20)17-13(4)11(2)8-12(3)14(17)5/h6-9H,1-5H3. The SMILES string of the molecule is Cc1ccc(C(=O)c2c(C)c(C)cc(C)c2C)cc1F. The first-order valence-corrected chi connectivity index (χ1v) is 6.71. The molecule has 0 atom stereocenters. The lowest BCUT2D eigenvalue weighted by atomic mass is 9.89. The Morgan fingerprint density at radius 3 is 1.90 bits per heavy atom. The van der Waals surface area contributed by atoms with Gasteiger partial charge in [-0.1, -0.05) is 18.2 Å². The molecule has 0 N–H and O–H groups in total. The molecule has 2 rings (SSSR count). The van der Waals surface area contributed by atoms with Gasteiger partial charge in [-0.05, 0) is 68.5 Å². The van der Waals surface area contributed by atoms with Crippen LogP contribution in [0.1, 0.15) is 43.7 Å². The molecule has 104 valence electrons. The zero-order valence-electron chi connectivity index (χ0n) is 12.6. The van der Waals surface area contributed by atoms with Crippen molar-refractivity contribution in [2.45, 2.75) is 34.6 Å². The zero-order chi connectivity index (χ0) is 15.0. The number of carbonyl (C=O) groups excluding carboxylic acids is 1. The highest BCUT2D eigenvalue weighted by Crippen LogP contribution is 2.25. The van der Waals surface area contributed by atoms with Crippen molar-refractivity contribution >= 4 is 5.78 Å². The van der Waals surface area contributed by atoms with Crippen LogP contribution >= 0.6 is 0 Å². The fourth-order valence-electron chi connectivity index (χ4n) is 2.44. The maximum absolute atomic E-state index is 13.7. The molecule has 1 nitrogen and oxygen atoms in total. The highest BCUT2D eigenvalue weighted by atomic mass is 19.1. The van der Waals surface area contributed by atoms with Crippen LogP contribution in [0.2, 0.25) is 0 Å². The Morgan fingerprint density at radius 1 is 0.850 bits per heavy atom. The van der Waals surface area contributed by atoms with E-state index in [1.54, 1.807) is 19.1 Å². The summed E-state index contributed by atoms with van der Waals surface area (Å²) in [4.78, 5) is 12.7. The predicted octanol–water partition coefficient (Wildman–Crippen LogP) is 4.60. The van der Waals surface area contributed by atoms with Gasteiger partial charge in [-0.3, -0.25) is 4.79 Å². The Hall–Kier alpha value is -1.96. The fourth-order valence-corrected chi connectivity index (χ4v) is 2.44. The molecule has 0 aliphatic rings. The van der Waals surface area contributed by atoms with Crippen molar-refractivity contribution in [3.63, 3.8) is 0 Å². The minimum absolute atomic E-state index is 0.106. The van der Waals surface area contributed by atoms with Crippen LogP contribution in [0.5, 0.6) is 0 Å². The van der Waals surface area contributed by atoms with E-state index in [2.05, 4.69) is 6.07 Å². The molecule has 0 heterocycles. The molecule has 0 radical (unpaired) electrons. The highest BCUT2D eigenvalue weighted by molar-refractivity contribution is 6.11. The second-order valence-corrected chi connectivity index (χ2v) is 5.43. The van der Waals surface area contributed by atoms with Gasteiger partial charge in [0.05, 0.1) is 0 Å². The van der Waals surface area contributed by atoms with Gasteiger partial charge in [0.25, 0.3) is 0 Å². The van der Waals surface area contributed by atoms with Gasteiger partial charge < -0.3 is 0 Å². The summed E-state index contributed by atoms with van der Waals surface area (Å²) in [5.74, 6) is -0.443. The van der Waals surface area contributed by atoms with Crippen molar-refractivity contribution < 1.29 is 9.18 Å². The normalized spacial score (nSPS) is 10.7. The van der Waals surface area contributed by atoms with Gasteiger partial charge in [-0.15, -0.1) is 0 Å². The summed E-state index contributed by atoms with van der Waals surface area (Å²) in [6.45, 7) is 9.57. The minimum atomic E-state index is -0.337. The molecule has 0 amide bonds. The van der Waals surface area contributed by atoms with E-state index in [1.165, 1.54) is 6.07 Å². The van der Waals surface area contributed by atoms with E-state index in [1.807, 2.05) is 27.7 Å². The third-order valence-corrected chi connectivity index (χ3v) is 4.03. The first kappa shape index (κ1) is 14.4. The molecule has 2 heteroatoms. The maximum atomic E-state index is 13.7. The Balaban J connectivity index is 2.62. The van der Waals surface area contributed by atoms with Gasteiger partial charge in [-0.25, -0.2) is 4.39 Å². The number of halogens is 1. The monoisotopic (exact) mass is 270 g/mol. The van der Waals surface area contributed by atoms with E-state index in [0.29, 0.717) is 16.7 Å². The molecule has 0 unspecified atom stereocenters. The molecule has 0 aliphatic carbocycles. The van der Waals surface area contributed by atoms with Crippen LogP contribution in [-0.2, 0) is 0 Å². The Labute approximate surface area is 119 Å². The van der Waals surface area contributed by atoms with Crippen LogP contribution in [0, 0.1) is 40.4 Å². The second-order valence-electron chi connectivity index (χ2n) is 5.43. The lowest BCUT2D eigenvalue weighted by molar-refractivity contribution is 0.103. The number of hydrogen-bond donors (Lipinski definition) is 0. The first-order valence-electron chi connectivity index (χ1n) is 6.71. The lowest BCUT2D eigenvalue weighted by Gasteiger charge is -2.14. The zero-order valence-corrected chi connectivity index (χ0v) is 12.6. The van der Waals surface area contributed by atoms with E-state index in [0.717, 1.165) is 22.3 Å². The summed E-state index contributed by atoms with van der Waals surface area (Å²) >= 11 is 0. The Morgan fingerprint density at radius 2 is 1.40 bits per heavy atom. The number of ketones is 1. The average molecular weight is 270 g/mol. The van der Waals surface area contributed by atoms with Crippen LogP contribution in [0.25, 0.3) is 0 Å². The molecule has 0 aliphatic heterocycles. The minimum Gasteiger partial charge on any atom is -0.289 e. The lowest BCUT2D eigenvalue weighted by Crippen LogP contribution is -2.09. The molecule has 0 bridgehead atoms. The number of rotatable bonds is 2. The Kier molecular flexibility index (Phi) is 3.76. The summed E-state index contributed by atoms with van der Waals surface area (Å²) in [5.41, 5.74) is 5.77. The van der Waals surface area contributed by atoms with Crippen LogP contribution < -0.4 is 0 Å². The van der Waals surface area contributed by atoms with Crippen LogP contribution in [0.3, 0.4) is 0 Å². The fraction of sp³-hybridized carbons (Fsp3) is 0.278. The van der Waals surface area contributed by atoms with E-state index >= 15 is 0 Å². The molecular formula is C18H19FO. The quantitative estimate of drug-likeness (QED) is 0.729. The van der Waals surface area contributed by atoms with Gasteiger partial charge in [-0.2, -0.15) is 0 Å². The smallest absolute Gasteiger partial charge is 0.193 e. The van der Waals surface area contributed by atoms with Crippen molar-refractivity contribution in [3.8, 4) is 0 Å². The topological polar surface area (TPSA) is 17.1 Å². The van der Waals surface area contributed by atoms with Crippen molar-refractivity contribution in [3.05, 3.63) is 69.0 Å². The molecule has 0 saturated heterocycles. The molecule has 0 fully saturated rings. The average Bonchev–Trinajstić information content (AvgIpc) is 2.40. The van der Waals surface area contributed by atoms with E-state index in [4.69, 9.17) is 0 Å². The van der Waals surface area contributed by atoms with Crippen LogP contribution in [-0.4, -0.2) is 5.78 Å². The highest BCUT2D eigenvalue weighted by Gasteiger charge is 2.18. The van der Waals surface area contributed by atoms with Gasteiger partial charge in [0, 0.05) is 11.1 Å². The summed E-state index contributed by atoms with van der Waals surface area (Å²) in [6, 6.07) is 6.75. The van der Waals surface area contributed by atoms with Crippen molar-refractivity contribution in [1.29, 1.82) is 0 Å². The molecule has 20 heavy (non-hydrogen) atoms. The number of carbonyl (C=O) groups is 1. The van der Waals surface area contributed by atoms with Gasteiger partial charge in [0.1, 0.15) is 5.82 Å². The van der Waals surface area contributed by atoms with E-state index < -0.39 is 0 Å². The van der Waals surface area contributed by atoms with Crippen LogP contribution in [0.4, 0.5) is 4.39 Å². The molecule has 0 saturated carbocycles. The summed E-state index contributed by atoms with van der Waals surface area (Å²) in [7, 11) is 0.